The van der Waals surface area contributed by atoms with Crippen molar-refractivity contribution < 1.29 is 9.53 Å². The van der Waals surface area contributed by atoms with Gasteiger partial charge in [0.25, 0.3) is 0 Å². The zero-order valence-electron chi connectivity index (χ0n) is 11.2. The van der Waals surface area contributed by atoms with E-state index in [4.69, 9.17) is 4.74 Å². The van der Waals surface area contributed by atoms with Gasteiger partial charge in [-0.25, -0.2) is 0 Å². The molecule has 2 unspecified atom stereocenters. The zero-order valence-corrected chi connectivity index (χ0v) is 11.2. The van der Waals surface area contributed by atoms with Crippen LogP contribution in [0, 0.1) is 5.92 Å². The zero-order chi connectivity index (χ0) is 12.5. The second kappa shape index (κ2) is 4.94. The molecule has 0 saturated carbocycles. The number of carbonyl (C=O) groups excluding carboxylic acids is 1. The highest BCUT2D eigenvalue weighted by Crippen LogP contribution is 2.22. The first kappa shape index (κ1) is 12.8. The molecule has 2 saturated heterocycles. The molecule has 0 aromatic heterocycles. The first-order valence-electron chi connectivity index (χ1n) is 6.63. The van der Waals surface area contributed by atoms with Crippen LogP contribution >= 0.6 is 0 Å². The van der Waals surface area contributed by atoms with Crippen LogP contribution in [0.25, 0.3) is 0 Å². The monoisotopic (exact) mass is 240 g/mol. The highest BCUT2D eigenvalue weighted by atomic mass is 16.6. The summed E-state index contributed by atoms with van der Waals surface area (Å²) in [6.07, 6.45) is 2.25. The standard InChI is InChI=1S/C13H24N2O2/c1-13(2,3)17-12(16)10-7-11(9-14-8-10)15-5-4-6-15/h10-11,14H,4-9H2,1-3H3. The number of nitrogens with zero attached hydrogens (tertiary/aromatic N) is 1. The fourth-order valence-electron chi connectivity index (χ4n) is 2.47. The van der Waals surface area contributed by atoms with Gasteiger partial charge in [0, 0.05) is 19.1 Å². The van der Waals surface area contributed by atoms with Gasteiger partial charge >= 0.3 is 5.97 Å². The van der Waals surface area contributed by atoms with E-state index < -0.39 is 0 Å². The van der Waals surface area contributed by atoms with Crippen molar-refractivity contribution in [1.82, 2.24) is 10.2 Å². The molecule has 2 heterocycles. The average Bonchev–Trinajstić information content (AvgIpc) is 2.12. The van der Waals surface area contributed by atoms with Crippen molar-refractivity contribution in [2.45, 2.75) is 45.3 Å². The third-order valence-corrected chi connectivity index (χ3v) is 3.47. The molecule has 0 aromatic rings. The lowest BCUT2D eigenvalue weighted by Gasteiger charge is -2.42. The van der Waals surface area contributed by atoms with E-state index in [0.29, 0.717) is 6.04 Å². The van der Waals surface area contributed by atoms with Crippen LogP contribution in [0.2, 0.25) is 0 Å². The van der Waals surface area contributed by atoms with E-state index in [9.17, 15) is 4.79 Å². The van der Waals surface area contributed by atoms with E-state index in [2.05, 4.69) is 10.2 Å². The van der Waals surface area contributed by atoms with Gasteiger partial charge in [-0.1, -0.05) is 0 Å². The number of hydrogen-bond donors (Lipinski definition) is 1. The topological polar surface area (TPSA) is 41.6 Å². The van der Waals surface area contributed by atoms with Crippen molar-refractivity contribution in [3.05, 3.63) is 0 Å². The van der Waals surface area contributed by atoms with Crippen LogP contribution in [0.5, 0.6) is 0 Å². The van der Waals surface area contributed by atoms with Crippen molar-refractivity contribution in [2.24, 2.45) is 5.92 Å². The molecule has 0 radical (unpaired) electrons. The van der Waals surface area contributed by atoms with E-state index >= 15 is 0 Å². The number of nitrogens with one attached hydrogen (secondary N) is 1. The smallest absolute Gasteiger partial charge is 0.310 e. The van der Waals surface area contributed by atoms with Crippen LogP contribution in [-0.4, -0.2) is 48.7 Å². The number of rotatable bonds is 2. The molecule has 1 N–H and O–H groups in total. The van der Waals surface area contributed by atoms with Gasteiger partial charge in [-0.2, -0.15) is 0 Å². The minimum atomic E-state index is -0.374. The fourth-order valence-corrected chi connectivity index (χ4v) is 2.47. The maximum absolute atomic E-state index is 12.0. The minimum absolute atomic E-state index is 0.0218. The summed E-state index contributed by atoms with van der Waals surface area (Å²) in [6.45, 7) is 9.93. The van der Waals surface area contributed by atoms with Crippen LogP contribution < -0.4 is 5.32 Å². The van der Waals surface area contributed by atoms with Crippen molar-refractivity contribution in [3.63, 3.8) is 0 Å². The largest absolute Gasteiger partial charge is 0.460 e. The number of likely N-dealkylation sites (tertiary alicyclic amines) is 1. The second-order valence-electron chi connectivity index (χ2n) is 6.17. The van der Waals surface area contributed by atoms with E-state index in [1.807, 2.05) is 20.8 Å². The molecule has 0 amide bonds. The molecule has 2 aliphatic heterocycles. The summed E-state index contributed by atoms with van der Waals surface area (Å²) in [5.74, 6) is -0.0243. The summed E-state index contributed by atoms with van der Waals surface area (Å²) in [4.78, 5) is 14.5. The molecular weight excluding hydrogens is 216 g/mol. The summed E-state index contributed by atoms with van der Waals surface area (Å²) in [6, 6.07) is 0.523. The summed E-state index contributed by atoms with van der Waals surface area (Å²) in [5, 5.41) is 3.36. The van der Waals surface area contributed by atoms with Crippen molar-refractivity contribution in [1.29, 1.82) is 0 Å². The molecule has 2 aliphatic rings. The SMILES string of the molecule is CC(C)(C)OC(=O)C1CNCC(N2CCC2)C1. The highest BCUT2D eigenvalue weighted by Gasteiger charge is 2.34. The van der Waals surface area contributed by atoms with E-state index in [1.165, 1.54) is 19.5 Å². The maximum atomic E-state index is 12.0. The first-order chi connectivity index (χ1) is 7.96. The quantitative estimate of drug-likeness (QED) is 0.732. The van der Waals surface area contributed by atoms with Gasteiger partial charge in [0.1, 0.15) is 5.60 Å². The summed E-state index contributed by atoms with van der Waals surface area (Å²) < 4.78 is 5.46. The Morgan fingerprint density at radius 2 is 2.00 bits per heavy atom. The maximum Gasteiger partial charge on any atom is 0.310 e. The lowest BCUT2D eigenvalue weighted by atomic mass is 9.93. The first-order valence-corrected chi connectivity index (χ1v) is 6.63. The molecule has 4 nitrogen and oxygen atoms in total. The lowest BCUT2D eigenvalue weighted by Crippen LogP contribution is -2.55. The molecule has 98 valence electrons. The van der Waals surface area contributed by atoms with Gasteiger partial charge in [0.15, 0.2) is 0 Å². The molecule has 0 aromatic carbocycles. The lowest BCUT2D eigenvalue weighted by molar-refractivity contribution is -0.161. The Morgan fingerprint density at radius 1 is 1.29 bits per heavy atom. The number of carbonyl (C=O) groups is 1. The van der Waals surface area contributed by atoms with Crippen molar-refractivity contribution in [3.8, 4) is 0 Å². The molecule has 2 fully saturated rings. The van der Waals surface area contributed by atoms with Gasteiger partial charge in [-0.05, 0) is 46.7 Å². The molecule has 0 bridgehead atoms. The summed E-state index contributed by atoms with van der Waals surface area (Å²) in [5.41, 5.74) is -0.374. The van der Waals surface area contributed by atoms with Gasteiger partial charge in [-0.3, -0.25) is 9.69 Å². The Labute approximate surface area is 104 Å². The predicted molar refractivity (Wildman–Crippen MR) is 66.8 cm³/mol. The summed E-state index contributed by atoms with van der Waals surface area (Å²) in [7, 11) is 0. The van der Waals surface area contributed by atoms with E-state index in [0.717, 1.165) is 19.5 Å². The number of piperidine rings is 1. The van der Waals surface area contributed by atoms with Gasteiger partial charge < -0.3 is 10.1 Å². The predicted octanol–water partition coefficient (Wildman–Crippen LogP) is 1.01. The normalized spacial score (nSPS) is 30.8. The van der Waals surface area contributed by atoms with Gasteiger partial charge in [0.2, 0.25) is 0 Å². The fraction of sp³-hybridized carbons (Fsp3) is 0.923. The Kier molecular flexibility index (Phi) is 3.73. The number of ether oxygens (including phenoxy) is 1. The van der Waals surface area contributed by atoms with E-state index in [1.54, 1.807) is 0 Å². The number of esters is 1. The molecule has 0 spiro atoms. The van der Waals surface area contributed by atoms with Crippen LogP contribution in [0.1, 0.15) is 33.6 Å². The third kappa shape index (κ3) is 3.42. The molecule has 17 heavy (non-hydrogen) atoms. The number of hydrogen-bond acceptors (Lipinski definition) is 4. The Hall–Kier alpha value is -0.610. The van der Waals surface area contributed by atoms with Crippen LogP contribution in [0.4, 0.5) is 0 Å². The molecule has 2 atom stereocenters. The molecule has 0 aliphatic carbocycles. The minimum Gasteiger partial charge on any atom is -0.460 e. The van der Waals surface area contributed by atoms with Crippen LogP contribution in [0.3, 0.4) is 0 Å². The van der Waals surface area contributed by atoms with E-state index in [-0.39, 0.29) is 17.5 Å². The molecule has 2 rings (SSSR count). The van der Waals surface area contributed by atoms with Crippen LogP contribution in [0.15, 0.2) is 0 Å². The van der Waals surface area contributed by atoms with Crippen molar-refractivity contribution >= 4 is 5.97 Å². The highest BCUT2D eigenvalue weighted by molar-refractivity contribution is 5.73. The Bertz CT molecular complexity index is 282. The van der Waals surface area contributed by atoms with Gasteiger partial charge in [-0.15, -0.1) is 0 Å². The molecule has 4 heteroatoms. The van der Waals surface area contributed by atoms with Crippen LogP contribution in [-0.2, 0) is 9.53 Å². The van der Waals surface area contributed by atoms with Crippen molar-refractivity contribution in [2.75, 3.05) is 26.2 Å². The third-order valence-electron chi connectivity index (χ3n) is 3.47. The molecular formula is C13H24N2O2. The Balaban J connectivity index is 1.85. The van der Waals surface area contributed by atoms with Gasteiger partial charge in [0.05, 0.1) is 5.92 Å². The summed E-state index contributed by atoms with van der Waals surface area (Å²) >= 11 is 0. The Morgan fingerprint density at radius 3 is 2.53 bits per heavy atom. The second-order valence-corrected chi connectivity index (χ2v) is 6.17. The average molecular weight is 240 g/mol.